The molecule has 0 bridgehead atoms. The molecule has 1 aliphatic rings. The maximum atomic E-state index is 6.16. The van der Waals surface area contributed by atoms with Gasteiger partial charge in [-0.2, -0.15) is 0 Å². The van der Waals surface area contributed by atoms with E-state index in [2.05, 4.69) is 50.4 Å². The average Bonchev–Trinajstić information content (AvgIpc) is 2.29. The number of ether oxygens (including phenoxy) is 1. The number of nitrogens with one attached hydrogen (secondary N) is 1. The van der Waals surface area contributed by atoms with E-state index in [1.807, 2.05) is 0 Å². The molecule has 2 heteroatoms. The average molecular weight is 233 g/mol. The molecule has 0 amide bonds. The predicted octanol–water partition coefficient (Wildman–Crippen LogP) is 3.07. The molecule has 1 aromatic carbocycles. The van der Waals surface area contributed by atoms with Crippen LogP contribution in [0.5, 0.6) is 0 Å². The Morgan fingerprint density at radius 2 is 1.94 bits per heavy atom. The molecule has 2 nitrogen and oxygen atoms in total. The summed E-state index contributed by atoms with van der Waals surface area (Å²) in [5.41, 5.74) is 2.59. The van der Waals surface area contributed by atoms with E-state index in [1.165, 1.54) is 11.1 Å². The third-order valence-corrected chi connectivity index (χ3v) is 3.24. The Hall–Kier alpha value is -0.860. The molecule has 0 saturated carbocycles. The summed E-state index contributed by atoms with van der Waals surface area (Å²) in [6.07, 6.45) is 1.71. The lowest BCUT2D eigenvalue weighted by Gasteiger charge is -2.32. The zero-order valence-electron chi connectivity index (χ0n) is 11.1. The molecule has 0 aromatic heterocycles. The number of aryl methyl sites for hydroxylation is 1. The first-order valence-electron chi connectivity index (χ1n) is 6.58. The van der Waals surface area contributed by atoms with E-state index in [4.69, 9.17) is 4.74 Å². The molecule has 0 aliphatic carbocycles. The second kappa shape index (κ2) is 5.65. The molecule has 1 saturated heterocycles. The molecule has 0 radical (unpaired) electrons. The van der Waals surface area contributed by atoms with Crippen LogP contribution in [0.1, 0.15) is 37.5 Å². The van der Waals surface area contributed by atoms with Gasteiger partial charge in [-0.3, -0.25) is 0 Å². The molecule has 94 valence electrons. The summed E-state index contributed by atoms with van der Waals surface area (Å²) in [5.74, 6) is 0.693. The Kier molecular flexibility index (Phi) is 4.19. The normalized spacial score (nSPS) is 25.2. The number of morpholine rings is 1. The van der Waals surface area contributed by atoms with E-state index >= 15 is 0 Å². The van der Waals surface area contributed by atoms with E-state index in [9.17, 15) is 0 Å². The van der Waals surface area contributed by atoms with Crippen molar-refractivity contribution in [2.45, 2.75) is 39.4 Å². The van der Waals surface area contributed by atoms with Crippen LogP contribution in [0, 0.1) is 12.8 Å². The van der Waals surface area contributed by atoms with Crippen LogP contribution in [0.3, 0.4) is 0 Å². The van der Waals surface area contributed by atoms with Crippen LogP contribution in [-0.4, -0.2) is 19.2 Å². The van der Waals surface area contributed by atoms with Crippen molar-refractivity contribution >= 4 is 0 Å². The standard InChI is InChI=1S/C15H23NO/c1-11(2)8-14-9-16-10-15(17-14)13-6-4-12(3)5-7-13/h4-7,11,14-16H,8-10H2,1-3H3. The molecule has 0 spiro atoms. The maximum Gasteiger partial charge on any atom is 0.0953 e. The van der Waals surface area contributed by atoms with Crippen LogP contribution in [0.4, 0.5) is 0 Å². The van der Waals surface area contributed by atoms with Gasteiger partial charge in [0.05, 0.1) is 12.2 Å². The minimum Gasteiger partial charge on any atom is -0.368 e. The van der Waals surface area contributed by atoms with Crippen molar-refractivity contribution < 1.29 is 4.74 Å². The van der Waals surface area contributed by atoms with Crippen molar-refractivity contribution in [1.82, 2.24) is 5.32 Å². The van der Waals surface area contributed by atoms with Gasteiger partial charge in [0.25, 0.3) is 0 Å². The monoisotopic (exact) mass is 233 g/mol. The van der Waals surface area contributed by atoms with Crippen molar-refractivity contribution in [1.29, 1.82) is 0 Å². The van der Waals surface area contributed by atoms with Gasteiger partial charge in [-0.15, -0.1) is 0 Å². The third kappa shape index (κ3) is 3.55. The fourth-order valence-electron chi connectivity index (χ4n) is 2.35. The molecule has 1 heterocycles. The first-order chi connectivity index (χ1) is 8.15. The SMILES string of the molecule is Cc1ccc(C2CNCC(CC(C)C)O2)cc1. The first kappa shape index (κ1) is 12.6. The van der Waals surface area contributed by atoms with Gasteiger partial charge in [0.2, 0.25) is 0 Å². The lowest BCUT2D eigenvalue weighted by molar-refractivity contribution is -0.0473. The number of hydrogen-bond acceptors (Lipinski definition) is 2. The highest BCUT2D eigenvalue weighted by Crippen LogP contribution is 2.24. The van der Waals surface area contributed by atoms with E-state index < -0.39 is 0 Å². The lowest BCUT2D eigenvalue weighted by Crippen LogP contribution is -2.41. The summed E-state index contributed by atoms with van der Waals surface area (Å²) in [5, 5.41) is 3.48. The molecule has 1 aliphatic heterocycles. The van der Waals surface area contributed by atoms with Gasteiger partial charge in [-0.25, -0.2) is 0 Å². The van der Waals surface area contributed by atoms with E-state index in [-0.39, 0.29) is 6.10 Å². The Morgan fingerprint density at radius 1 is 1.24 bits per heavy atom. The van der Waals surface area contributed by atoms with Crippen LogP contribution >= 0.6 is 0 Å². The highest BCUT2D eigenvalue weighted by atomic mass is 16.5. The molecule has 2 rings (SSSR count). The smallest absolute Gasteiger partial charge is 0.0953 e. The van der Waals surface area contributed by atoms with Crippen molar-refractivity contribution in [2.24, 2.45) is 5.92 Å². The van der Waals surface area contributed by atoms with Gasteiger partial charge >= 0.3 is 0 Å². The summed E-state index contributed by atoms with van der Waals surface area (Å²) >= 11 is 0. The number of rotatable bonds is 3. The predicted molar refractivity (Wildman–Crippen MR) is 71.1 cm³/mol. The summed E-state index contributed by atoms with van der Waals surface area (Å²) in [6, 6.07) is 8.67. The van der Waals surface area contributed by atoms with E-state index in [0.717, 1.165) is 19.5 Å². The molecule has 1 N–H and O–H groups in total. The Labute approximate surface area is 104 Å². The molecule has 1 aromatic rings. The zero-order valence-corrected chi connectivity index (χ0v) is 11.1. The highest BCUT2D eigenvalue weighted by Gasteiger charge is 2.23. The Balaban J connectivity index is 1.99. The molecular weight excluding hydrogens is 210 g/mol. The van der Waals surface area contributed by atoms with Crippen LogP contribution in [0.15, 0.2) is 24.3 Å². The molecule has 17 heavy (non-hydrogen) atoms. The molecule has 1 fully saturated rings. The summed E-state index contributed by atoms with van der Waals surface area (Å²) in [4.78, 5) is 0. The Morgan fingerprint density at radius 3 is 2.59 bits per heavy atom. The van der Waals surface area contributed by atoms with E-state index in [1.54, 1.807) is 0 Å². The van der Waals surface area contributed by atoms with Crippen molar-refractivity contribution in [3.63, 3.8) is 0 Å². The van der Waals surface area contributed by atoms with Gasteiger partial charge in [0.15, 0.2) is 0 Å². The molecule has 2 atom stereocenters. The minimum absolute atomic E-state index is 0.216. The van der Waals surface area contributed by atoms with Crippen molar-refractivity contribution in [2.75, 3.05) is 13.1 Å². The van der Waals surface area contributed by atoms with Crippen LogP contribution < -0.4 is 5.32 Å². The Bertz CT molecular complexity index is 344. The summed E-state index contributed by atoms with van der Waals surface area (Å²) in [7, 11) is 0. The lowest BCUT2D eigenvalue weighted by atomic mass is 10.0. The number of benzene rings is 1. The molecular formula is C15H23NO. The third-order valence-electron chi connectivity index (χ3n) is 3.24. The van der Waals surface area contributed by atoms with Gasteiger partial charge in [0, 0.05) is 13.1 Å². The summed E-state index contributed by atoms with van der Waals surface area (Å²) < 4.78 is 6.16. The van der Waals surface area contributed by atoms with E-state index in [0.29, 0.717) is 12.0 Å². The van der Waals surface area contributed by atoms with Gasteiger partial charge in [0.1, 0.15) is 0 Å². The fraction of sp³-hybridized carbons (Fsp3) is 0.600. The zero-order chi connectivity index (χ0) is 12.3. The van der Waals surface area contributed by atoms with Gasteiger partial charge < -0.3 is 10.1 Å². The maximum absolute atomic E-state index is 6.16. The first-order valence-corrected chi connectivity index (χ1v) is 6.58. The number of hydrogen-bond donors (Lipinski definition) is 1. The van der Waals surface area contributed by atoms with Crippen molar-refractivity contribution in [3.05, 3.63) is 35.4 Å². The second-order valence-electron chi connectivity index (χ2n) is 5.45. The quantitative estimate of drug-likeness (QED) is 0.866. The highest BCUT2D eigenvalue weighted by molar-refractivity contribution is 5.23. The van der Waals surface area contributed by atoms with Crippen molar-refractivity contribution in [3.8, 4) is 0 Å². The van der Waals surface area contributed by atoms with Crippen LogP contribution in [0.25, 0.3) is 0 Å². The topological polar surface area (TPSA) is 21.3 Å². The van der Waals surface area contributed by atoms with Crippen LogP contribution in [-0.2, 0) is 4.74 Å². The van der Waals surface area contributed by atoms with Gasteiger partial charge in [-0.1, -0.05) is 43.7 Å². The van der Waals surface area contributed by atoms with Gasteiger partial charge in [-0.05, 0) is 24.8 Å². The van der Waals surface area contributed by atoms with Crippen LogP contribution in [0.2, 0.25) is 0 Å². The molecule has 2 unspecified atom stereocenters. The fourth-order valence-corrected chi connectivity index (χ4v) is 2.35. The second-order valence-corrected chi connectivity index (χ2v) is 5.45. The largest absolute Gasteiger partial charge is 0.368 e. The summed E-state index contributed by atoms with van der Waals surface area (Å²) in [6.45, 7) is 8.53. The minimum atomic E-state index is 0.216.